The Hall–Kier alpha value is -10.5. The molecule has 2 spiro atoms. The van der Waals surface area contributed by atoms with Crippen molar-refractivity contribution >= 4 is 38.9 Å². The van der Waals surface area contributed by atoms with Gasteiger partial charge in [0.2, 0.25) is 0 Å². The Morgan fingerprint density at radius 3 is 1.35 bits per heavy atom. The van der Waals surface area contributed by atoms with Crippen LogP contribution in [0.2, 0.25) is 0 Å². The number of aromatic nitrogens is 1. The number of fused-ring (bicyclic) bond motifs is 22. The van der Waals surface area contributed by atoms with Crippen molar-refractivity contribution in [2.75, 3.05) is 4.90 Å². The van der Waals surface area contributed by atoms with E-state index in [0.717, 1.165) is 39.3 Å². The summed E-state index contributed by atoms with van der Waals surface area (Å²) in [4.78, 5) is 2.60. The summed E-state index contributed by atoms with van der Waals surface area (Å²) < 4.78 is 2.54. The molecule has 0 N–H and O–H groups in total. The van der Waals surface area contributed by atoms with E-state index in [0.29, 0.717) is 0 Å². The van der Waals surface area contributed by atoms with Crippen molar-refractivity contribution < 1.29 is 0 Å². The van der Waals surface area contributed by atoms with E-state index in [4.69, 9.17) is 0 Å². The standard InChI is InChI=1S/C80H50N2/c1-2-22-51(23-3-1)52-44-46-53(47-45-52)55-24-8-16-39-72(55)81(76-43-21-37-69-77(76)63-30-7-14-35-67(63)79(69)64-32-11-4-26-57(64)58-27-5-12-33-65(58)79)73-40-17-9-25-56(73)54-48-49-60-59-28-6-13-34-66(59)80(71(60)50-54)68-36-15-19-42-75(68)82-74-41-18-10-29-61(74)62-31-20-38-70(80)78(62)82/h1-50H. The van der Waals surface area contributed by atoms with Gasteiger partial charge in [0, 0.05) is 27.5 Å². The molecular formula is C80H50N2. The van der Waals surface area contributed by atoms with Crippen molar-refractivity contribution in [3.63, 3.8) is 0 Å². The van der Waals surface area contributed by atoms with Gasteiger partial charge in [-0.05, 0) is 131 Å². The number of para-hydroxylation sites is 5. The predicted molar refractivity (Wildman–Crippen MR) is 339 cm³/mol. The van der Waals surface area contributed by atoms with Crippen molar-refractivity contribution in [3.8, 4) is 72.4 Å². The molecule has 4 aliphatic rings. The Balaban J connectivity index is 0.908. The molecule has 2 heterocycles. The molecule has 1 unspecified atom stereocenters. The zero-order valence-corrected chi connectivity index (χ0v) is 44.8. The molecule has 13 aromatic carbocycles. The van der Waals surface area contributed by atoms with E-state index in [1.54, 1.807) is 0 Å². The van der Waals surface area contributed by atoms with Crippen LogP contribution in [0.4, 0.5) is 17.1 Å². The Morgan fingerprint density at radius 2 is 0.671 bits per heavy atom. The monoisotopic (exact) mass is 1040 g/mol. The van der Waals surface area contributed by atoms with Crippen LogP contribution in [0.1, 0.15) is 44.5 Å². The first-order valence-electron chi connectivity index (χ1n) is 28.7. The third-order valence-electron chi connectivity index (χ3n) is 18.8. The summed E-state index contributed by atoms with van der Waals surface area (Å²) in [6, 6.07) is 114. The maximum Gasteiger partial charge on any atom is 0.0754 e. The normalized spacial score (nSPS) is 15.0. The second kappa shape index (κ2) is 17.0. The summed E-state index contributed by atoms with van der Waals surface area (Å²) in [7, 11) is 0. The van der Waals surface area contributed by atoms with Crippen molar-refractivity contribution in [1.29, 1.82) is 0 Å². The third-order valence-corrected chi connectivity index (χ3v) is 18.8. The van der Waals surface area contributed by atoms with Crippen LogP contribution in [0.25, 0.3) is 94.3 Å². The second-order valence-corrected chi connectivity index (χ2v) is 22.5. The predicted octanol–water partition coefficient (Wildman–Crippen LogP) is 20.3. The van der Waals surface area contributed by atoms with Gasteiger partial charge < -0.3 is 9.47 Å². The molecule has 2 heteroatoms. The minimum absolute atomic E-state index is 0.513. The number of anilines is 3. The van der Waals surface area contributed by atoms with Crippen LogP contribution in [-0.2, 0) is 10.8 Å². The first kappa shape index (κ1) is 45.3. The molecule has 1 aromatic heterocycles. The number of hydrogen-bond donors (Lipinski definition) is 0. The van der Waals surface area contributed by atoms with Gasteiger partial charge in [-0.25, -0.2) is 0 Å². The minimum atomic E-state index is -0.596. The van der Waals surface area contributed by atoms with Gasteiger partial charge in [0.15, 0.2) is 0 Å². The van der Waals surface area contributed by atoms with E-state index in [2.05, 4.69) is 313 Å². The summed E-state index contributed by atoms with van der Waals surface area (Å²) in [5, 5.41) is 2.55. The molecule has 0 saturated carbocycles. The van der Waals surface area contributed by atoms with E-state index in [1.807, 2.05) is 0 Å². The molecule has 82 heavy (non-hydrogen) atoms. The Labute approximate surface area is 476 Å². The van der Waals surface area contributed by atoms with Gasteiger partial charge in [0.1, 0.15) is 0 Å². The molecule has 2 nitrogen and oxygen atoms in total. The Bertz CT molecular complexity index is 4960. The van der Waals surface area contributed by atoms with Gasteiger partial charge in [-0.15, -0.1) is 0 Å². The maximum absolute atomic E-state index is 2.60. The summed E-state index contributed by atoms with van der Waals surface area (Å²) in [5.74, 6) is 0. The van der Waals surface area contributed by atoms with Crippen LogP contribution < -0.4 is 4.90 Å². The number of rotatable bonds is 6. The third kappa shape index (κ3) is 5.82. The maximum atomic E-state index is 2.60. The molecule has 18 rings (SSSR count). The van der Waals surface area contributed by atoms with Gasteiger partial charge in [-0.3, -0.25) is 0 Å². The quantitative estimate of drug-likeness (QED) is 0.161. The zero-order chi connectivity index (χ0) is 53.7. The van der Waals surface area contributed by atoms with E-state index < -0.39 is 10.8 Å². The fraction of sp³-hybridized carbons (Fsp3) is 0.0250. The van der Waals surface area contributed by atoms with Crippen LogP contribution in [0.15, 0.2) is 303 Å². The molecule has 0 radical (unpaired) electrons. The minimum Gasteiger partial charge on any atom is -0.309 e. The molecule has 0 saturated heterocycles. The average Bonchev–Trinajstić information content (AvgIpc) is 1.59. The van der Waals surface area contributed by atoms with Gasteiger partial charge in [-0.2, -0.15) is 0 Å². The summed E-state index contributed by atoms with van der Waals surface area (Å²) in [5.41, 5.74) is 31.2. The lowest BCUT2D eigenvalue weighted by Crippen LogP contribution is -2.33. The van der Waals surface area contributed by atoms with Gasteiger partial charge >= 0.3 is 0 Å². The number of nitrogens with zero attached hydrogens (tertiary/aromatic N) is 2. The van der Waals surface area contributed by atoms with Gasteiger partial charge in [-0.1, -0.05) is 267 Å². The van der Waals surface area contributed by atoms with Crippen LogP contribution in [0, 0.1) is 0 Å². The highest BCUT2D eigenvalue weighted by Crippen LogP contribution is 2.66. The molecule has 1 atom stereocenters. The smallest absolute Gasteiger partial charge is 0.0754 e. The van der Waals surface area contributed by atoms with Crippen LogP contribution in [0.5, 0.6) is 0 Å². The van der Waals surface area contributed by atoms with E-state index >= 15 is 0 Å². The number of benzene rings is 13. The fourth-order valence-electron chi connectivity index (χ4n) is 15.7. The van der Waals surface area contributed by atoms with E-state index in [1.165, 1.54) is 117 Å². The second-order valence-electron chi connectivity index (χ2n) is 22.5. The molecule has 0 fully saturated rings. The Kier molecular flexibility index (Phi) is 9.39. The molecular weight excluding hydrogens is 989 g/mol. The number of hydrogen-bond acceptors (Lipinski definition) is 1. The fourth-order valence-corrected chi connectivity index (χ4v) is 15.7. The molecule has 0 amide bonds. The first-order valence-corrected chi connectivity index (χ1v) is 28.7. The van der Waals surface area contributed by atoms with E-state index in [-0.39, 0.29) is 0 Å². The van der Waals surface area contributed by atoms with Crippen molar-refractivity contribution in [2.45, 2.75) is 10.8 Å². The molecule has 14 aromatic rings. The molecule has 0 bridgehead atoms. The SMILES string of the molecule is c1ccc(-c2ccc(-c3ccccc3N(c3ccccc3-c3ccc4c(c3)C3(c5ccccc5-4)c4ccccc4-n4c5ccccc5c5cccc3c54)c3cccc4c3-c3ccccc3C43c4ccccc4-c4ccccc43)cc2)cc1. The lowest BCUT2D eigenvalue weighted by atomic mass is 9.65. The summed E-state index contributed by atoms with van der Waals surface area (Å²) >= 11 is 0. The highest BCUT2D eigenvalue weighted by Gasteiger charge is 2.53. The summed E-state index contributed by atoms with van der Waals surface area (Å²) in [6.45, 7) is 0. The Morgan fingerprint density at radius 1 is 0.244 bits per heavy atom. The van der Waals surface area contributed by atoms with Gasteiger partial charge in [0.05, 0.1) is 44.6 Å². The zero-order valence-electron chi connectivity index (χ0n) is 44.8. The average molecular weight is 1040 g/mol. The van der Waals surface area contributed by atoms with Crippen LogP contribution in [-0.4, -0.2) is 4.57 Å². The molecule has 1 aliphatic heterocycles. The first-order chi connectivity index (χ1) is 40.7. The van der Waals surface area contributed by atoms with Crippen LogP contribution in [0.3, 0.4) is 0 Å². The summed E-state index contributed by atoms with van der Waals surface area (Å²) in [6.07, 6.45) is 0. The van der Waals surface area contributed by atoms with Gasteiger partial charge in [0.25, 0.3) is 0 Å². The van der Waals surface area contributed by atoms with Crippen LogP contribution >= 0.6 is 0 Å². The topological polar surface area (TPSA) is 8.17 Å². The molecule has 380 valence electrons. The molecule has 3 aliphatic carbocycles. The lowest BCUT2D eigenvalue weighted by molar-refractivity contribution is 0.749. The van der Waals surface area contributed by atoms with Crippen molar-refractivity contribution in [2.24, 2.45) is 0 Å². The largest absolute Gasteiger partial charge is 0.309 e. The highest BCUT2D eigenvalue weighted by atomic mass is 15.2. The van der Waals surface area contributed by atoms with Crippen molar-refractivity contribution in [1.82, 2.24) is 4.57 Å². The van der Waals surface area contributed by atoms with Crippen molar-refractivity contribution in [3.05, 3.63) is 348 Å². The van der Waals surface area contributed by atoms with E-state index in [9.17, 15) is 0 Å². The highest BCUT2D eigenvalue weighted by molar-refractivity contribution is 6.13. The lowest BCUT2D eigenvalue weighted by Gasteiger charge is -2.39.